The minimum absolute atomic E-state index is 0.0713. The Labute approximate surface area is 169 Å². The molecule has 0 bridgehead atoms. The Kier molecular flexibility index (Phi) is 4.49. The van der Waals surface area contributed by atoms with Crippen molar-refractivity contribution in [1.82, 2.24) is 24.5 Å². The summed E-state index contributed by atoms with van der Waals surface area (Å²) in [5.41, 5.74) is 3.48. The van der Waals surface area contributed by atoms with Gasteiger partial charge in [0.2, 0.25) is 5.76 Å². The third kappa shape index (κ3) is 3.16. The first-order valence-corrected chi connectivity index (χ1v) is 10.4. The molecule has 0 unspecified atom stereocenters. The summed E-state index contributed by atoms with van der Waals surface area (Å²) in [5.74, 6) is 1.27. The lowest BCUT2D eigenvalue weighted by molar-refractivity contribution is 0.0572. The number of amides is 1. The lowest BCUT2D eigenvalue weighted by Gasteiger charge is -2.34. The van der Waals surface area contributed by atoms with Gasteiger partial charge in [-0.2, -0.15) is 5.10 Å². The molecule has 3 aromatic rings. The van der Waals surface area contributed by atoms with E-state index in [1.54, 1.807) is 6.92 Å². The number of fused-ring (bicyclic) bond motifs is 1. The zero-order valence-corrected chi connectivity index (χ0v) is 17.0. The second kappa shape index (κ2) is 7.17. The first kappa shape index (κ1) is 18.1. The van der Waals surface area contributed by atoms with Gasteiger partial charge in [0.15, 0.2) is 12.0 Å². The van der Waals surface area contributed by atoms with Crippen LogP contribution < -0.4 is 4.90 Å². The van der Waals surface area contributed by atoms with Crippen LogP contribution in [0, 0.1) is 13.8 Å². The average molecular weight is 394 g/mol. The van der Waals surface area contributed by atoms with E-state index in [1.165, 1.54) is 19.2 Å². The SMILES string of the molecule is Cc1cn2nc([C@@H]3CCCCN3C(=O)c3ocnc3C)cc2nc1N1CCCC1. The van der Waals surface area contributed by atoms with Crippen molar-refractivity contribution in [3.05, 3.63) is 41.4 Å². The van der Waals surface area contributed by atoms with Crippen LogP contribution in [-0.4, -0.2) is 50.0 Å². The maximum atomic E-state index is 13.1. The highest BCUT2D eigenvalue weighted by Crippen LogP contribution is 2.33. The van der Waals surface area contributed by atoms with Crippen molar-refractivity contribution >= 4 is 17.4 Å². The number of likely N-dealkylation sites (tertiary alicyclic amines) is 1. The number of hydrogen-bond donors (Lipinski definition) is 0. The molecule has 3 aromatic heterocycles. The second-order valence-electron chi connectivity index (χ2n) is 8.09. The molecule has 152 valence electrons. The molecule has 0 aromatic carbocycles. The highest BCUT2D eigenvalue weighted by Gasteiger charge is 2.33. The van der Waals surface area contributed by atoms with Crippen LogP contribution in [0.1, 0.15) is 65.7 Å². The summed E-state index contributed by atoms with van der Waals surface area (Å²) in [6.45, 7) is 6.71. The number of carbonyl (C=O) groups excluding carboxylic acids is 1. The Morgan fingerprint density at radius 3 is 2.69 bits per heavy atom. The predicted octanol–water partition coefficient (Wildman–Crippen LogP) is 3.30. The quantitative estimate of drug-likeness (QED) is 0.678. The van der Waals surface area contributed by atoms with Crippen LogP contribution in [0.3, 0.4) is 0 Å². The number of nitrogens with zero attached hydrogens (tertiary/aromatic N) is 6. The van der Waals surface area contributed by atoms with Gasteiger partial charge in [-0.1, -0.05) is 0 Å². The van der Waals surface area contributed by atoms with Gasteiger partial charge >= 0.3 is 0 Å². The maximum absolute atomic E-state index is 13.1. The van der Waals surface area contributed by atoms with Gasteiger partial charge < -0.3 is 14.2 Å². The number of aromatic nitrogens is 4. The molecule has 8 nitrogen and oxygen atoms in total. The Morgan fingerprint density at radius 1 is 1.14 bits per heavy atom. The van der Waals surface area contributed by atoms with E-state index in [0.717, 1.165) is 55.1 Å². The lowest BCUT2D eigenvalue weighted by atomic mass is 9.99. The van der Waals surface area contributed by atoms with E-state index < -0.39 is 0 Å². The zero-order valence-electron chi connectivity index (χ0n) is 17.0. The highest BCUT2D eigenvalue weighted by molar-refractivity contribution is 5.92. The minimum Gasteiger partial charge on any atom is -0.438 e. The fourth-order valence-corrected chi connectivity index (χ4v) is 4.55. The Hall–Kier alpha value is -2.90. The number of oxazole rings is 1. The lowest BCUT2D eigenvalue weighted by Crippen LogP contribution is -2.38. The van der Waals surface area contributed by atoms with E-state index >= 15 is 0 Å². The molecule has 5 rings (SSSR count). The van der Waals surface area contributed by atoms with Gasteiger partial charge in [-0.25, -0.2) is 14.5 Å². The Bertz CT molecular complexity index is 1050. The van der Waals surface area contributed by atoms with Crippen molar-refractivity contribution in [2.45, 2.75) is 52.0 Å². The van der Waals surface area contributed by atoms with Gasteiger partial charge in [0.05, 0.1) is 17.4 Å². The van der Waals surface area contributed by atoms with Gasteiger partial charge in [0.1, 0.15) is 5.82 Å². The molecular weight excluding hydrogens is 368 g/mol. The van der Waals surface area contributed by atoms with Gasteiger partial charge in [-0.3, -0.25) is 4.79 Å². The first-order valence-electron chi connectivity index (χ1n) is 10.4. The molecule has 0 aliphatic carbocycles. The number of carbonyl (C=O) groups is 1. The number of piperidine rings is 1. The largest absolute Gasteiger partial charge is 0.438 e. The number of hydrogen-bond acceptors (Lipinski definition) is 6. The first-order chi connectivity index (χ1) is 14.1. The number of rotatable bonds is 3. The number of aryl methyl sites for hydroxylation is 2. The van der Waals surface area contributed by atoms with E-state index in [9.17, 15) is 4.79 Å². The molecule has 0 radical (unpaired) electrons. The van der Waals surface area contributed by atoms with Crippen molar-refractivity contribution in [1.29, 1.82) is 0 Å². The molecule has 2 aliphatic rings. The normalized spacial score (nSPS) is 20.0. The summed E-state index contributed by atoms with van der Waals surface area (Å²) in [6.07, 6.45) is 8.77. The second-order valence-corrected chi connectivity index (χ2v) is 8.09. The van der Waals surface area contributed by atoms with Crippen molar-refractivity contribution in [2.75, 3.05) is 24.5 Å². The van der Waals surface area contributed by atoms with Crippen LogP contribution in [-0.2, 0) is 0 Å². The number of anilines is 1. The predicted molar refractivity (Wildman–Crippen MR) is 108 cm³/mol. The molecule has 5 heterocycles. The van der Waals surface area contributed by atoms with E-state index in [2.05, 4.69) is 23.0 Å². The maximum Gasteiger partial charge on any atom is 0.292 e. The summed E-state index contributed by atoms with van der Waals surface area (Å²) in [5, 5.41) is 4.80. The van der Waals surface area contributed by atoms with E-state index in [-0.39, 0.29) is 11.9 Å². The fourth-order valence-electron chi connectivity index (χ4n) is 4.55. The van der Waals surface area contributed by atoms with Crippen LogP contribution in [0.2, 0.25) is 0 Å². The molecule has 2 aliphatic heterocycles. The van der Waals surface area contributed by atoms with Crippen LogP contribution in [0.15, 0.2) is 23.1 Å². The molecule has 0 N–H and O–H groups in total. The minimum atomic E-state index is -0.108. The van der Waals surface area contributed by atoms with Gasteiger partial charge in [-0.05, 0) is 46.0 Å². The molecule has 8 heteroatoms. The molecule has 29 heavy (non-hydrogen) atoms. The van der Waals surface area contributed by atoms with E-state index in [0.29, 0.717) is 18.0 Å². The third-order valence-electron chi connectivity index (χ3n) is 6.07. The van der Waals surface area contributed by atoms with Crippen molar-refractivity contribution < 1.29 is 9.21 Å². The molecule has 1 amide bonds. The Morgan fingerprint density at radius 2 is 1.93 bits per heavy atom. The molecule has 2 fully saturated rings. The highest BCUT2D eigenvalue weighted by atomic mass is 16.3. The smallest absolute Gasteiger partial charge is 0.292 e. The zero-order chi connectivity index (χ0) is 20.0. The van der Waals surface area contributed by atoms with Crippen LogP contribution in [0.25, 0.3) is 5.65 Å². The molecule has 0 spiro atoms. The van der Waals surface area contributed by atoms with Gasteiger partial charge in [0, 0.05) is 37.5 Å². The third-order valence-corrected chi connectivity index (χ3v) is 6.07. The molecular formula is C21H26N6O2. The van der Waals surface area contributed by atoms with Crippen molar-refractivity contribution in [2.24, 2.45) is 0 Å². The van der Waals surface area contributed by atoms with Gasteiger partial charge in [0.25, 0.3) is 5.91 Å². The standard InChI is InChI=1S/C21H26N6O2/c1-14-12-27-18(23-20(14)25-8-5-6-9-25)11-16(24-27)17-7-3-4-10-26(17)21(28)19-15(2)22-13-29-19/h11-13,17H,3-10H2,1-2H3/t17-/m0/s1. The topological polar surface area (TPSA) is 79.8 Å². The summed E-state index contributed by atoms with van der Waals surface area (Å²) in [4.78, 5) is 26.3. The van der Waals surface area contributed by atoms with Crippen molar-refractivity contribution in [3.8, 4) is 0 Å². The fraction of sp³-hybridized carbons (Fsp3) is 0.524. The van der Waals surface area contributed by atoms with Crippen molar-refractivity contribution in [3.63, 3.8) is 0 Å². The summed E-state index contributed by atoms with van der Waals surface area (Å²) >= 11 is 0. The monoisotopic (exact) mass is 394 g/mol. The average Bonchev–Trinajstić information content (AvgIpc) is 3.47. The summed E-state index contributed by atoms with van der Waals surface area (Å²) in [7, 11) is 0. The summed E-state index contributed by atoms with van der Waals surface area (Å²) < 4.78 is 7.21. The van der Waals surface area contributed by atoms with Gasteiger partial charge in [-0.15, -0.1) is 0 Å². The van der Waals surface area contributed by atoms with E-state index in [4.69, 9.17) is 14.5 Å². The van der Waals surface area contributed by atoms with Crippen LogP contribution >= 0.6 is 0 Å². The van der Waals surface area contributed by atoms with E-state index in [1.807, 2.05) is 15.5 Å². The molecule has 2 saturated heterocycles. The summed E-state index contributed by atoms with van der Waals surface area (Å²) in [6, 6.07) is 1.96. The molecule has 0 saturated carbocycles. The van der Waals surface area contributed by atoms with Crippen LogP contribution in [0.4, 0.5) is 5.82 Å². The Balaban J connectivity index is 1.49. The van der Waals surface area contributed by atoms with Crippen LogP contribution in [0.5, 0.6) is 0 Å². The molecule has 1 atom stereocenters.